The number of halogens is 1. The van der Waals surface area contributed by atoms with Gasteiger partial charge in [-0.3, -0.25) is 4.79 Å². The summed E-state index contributed by atoms with van der Waals surface area (Å²) in [5, 5.41) is 2.65. The first-order valence-electron chi connectivity index (χ1n) is 6.36. The maximum atomic E-state index is 12.4. The van der Waals surface area contributed by atoms with Crippen molar-refractivity contribution in [3.63, 3.8) is 0 Å². The Hall–Kier alpha value is -0.960. The fourth-order valence-electron chi connectivity index (χ4n) is 1.61. The zero-order chi connectivity index (χ0) is 15.9. The predicted octanol–water partition coefficient (Wildman–Crippen LogP) is 1.22. The number of hydrogen-bond acceptors (Lipinski definition) is 4. The van der Waals surface area contributed by atoms with Gasteiger partial charge in [-0.2, -0.15) is 4.31 Å². The standard InChI is InChI=1S/C13H19BrN2O4S/c1-16(10-13(17)15-8-5-9-20-2)21(18,19)12-7-4-3-6-11(12)14/h3-4,6-7H,5,8-10H2,1-2H3,(H,15,17). The quantitative estimate of drug-likeness (QED) is 0.690. The van der Waals surface area contributed by atoms with Gasteiger partial charge in [0.05, 0.1) is 11.4 Å². The van der Waals surface area contributed by atoms with Gasteiger partial charge in [0.2, 0.25) is 15.9 Å². The SMILES string of the molecule is COCCCNC(=O)CN(C)S(=O)(=O)c1ccccc1Br. The second-order valence-corrected chi connectivity index (χ2v) is 7.26. The van der Waals surface area contributed by atoms with Crippen molar-refractivity contribution in [3.05, 3.63) is 28.7 Å². The molecule has 0 aliphatic carbocycles. The lowest BCUT2D eigenvalue weighted by Gasteiger charge is -2.17. The van der Waals surface area contributed by atoms with Crippen molar-refractivity contribution in [3.8, 4) is 0 Å². The number of hydrogen-bond donors (Lipinski definition) is 1. The minimum Gasteiger partial charge on any atom is -0.385 e. The van der Waals surface area contributed by atoms with Gasteiger partial charge in [0, 0.05) is 31.8 Å². The number of likely N-dealkylation sites (N-methyl/N-ethyl adjacent to an activating group) is 1. The van der Waals surface area contributed by atoms with Gasteiger partial charge < -0.3 is 10.1 Å². The van der Waals surface area contributed by atoms with E-state index < -0.39 is 10.0 Å². The summed E-state index contributed by atoms with van der Waals surface area (Å²) in [5.74, 6) is -0.343. The van der Waals surface area contributed by atoms with Crippen molar-refractivity contribution in [2.45, 2.75) is 11.3 Å². The molecule has 0 unspecified atom stereocenters. The molecule has 6 nitrogen and oxygen atoms in total. The first kappa shape index (κ1) is 18.1. The molecular weight excluding hydrogens is 360 g/mol. The summed E-state index contributed by atoms with van der Waals surface area (Å²) in [5.41, 5.74) is 0. The second kappa shape index (κ2) is 8.47. The van der Waals surface area contributed by atoms with E-state index >= 15 is 0 Å². The van der Waals surface area contributed by atoms with Crippen molar-refractivity contribution < 1.29 is 17.9 Å². The molecule has 21 heavy (non-hydrogen) atoms. The number of carbonyl (C=O) groups is 1. The van der Waals surface area contributed by atoms with E-state index in [1.54, 1.807) is 25.3 Å². The molecule has 0 fully saturated rings. The Bertz CT molecular complexity index is 577. The van der Waals surface area contributed by atoms with Gasteiger partial charge in [0.25, 0.3) is 0 Å². The van der Waals surface area contributed by atoms with Crippen molar-refractivity contribution in [2.75, 3.05) is 33.9 Å². The van der Waals surface area contributed by atoms with Gasteiger partial charge in [0.1, 0.15) is 0 Å². The van der Waals surface area contributed by atoms with Crippen molar-refractivity contribution in [2.24, 2.45) is 0 Å². The Labute approximate surface area is 133 Å². The minimum atomic E-state index is -3.70. The summed E-state index contributed by atoms with van der Waals surface area (Å²) < 4.78 is 31.1. The number of methoxy groups -OCH3 is 1. The fraction of sp³-hybridized carbons (Fsp3) is 0.462. The van der Waals surface area contributed by atoms with E-state index in [0.717, 1.165) is 4.31 Å². The largest absolute Gasteiger partial charge is 0.385 e. The molecule has 0 spiro atoms. The van der Waals surface area contributed by atoms with Crippen LogP contribution in [0.25, 0.3) is 0 Å². The van der Waals surface area contributed by atoms with E-state index in [1.807, 2.05) is 0 Å². The van der Waals surface area contributed by atoms with Gasteiger partial charge in [-0.05, 0) is 34.5 Å². The van der Waals surface area contributed by atoms with Crippen LogP contribution in [0.2, 0.25) is 0 Å². The van der Waals surface area contributed by atoms with Crippen LogP contribution in [0.4, 0.5) is 0 Å². The highest BCUT2D eigenvalue weighted by Crippen LogP contribution is 2.23. The van der Waals surface area contributed by atoms with Crippen LogP contribution in [0, 0.1) is 0 Å². The Morgan fingerprint density at radius 2 is 2.05 bits per heavy atom. The first-order chi connectivity index (χ1) is 9.89. The maximum Gasteiger partial charge on any atom is 0.244 e. The monoisotopic (exact) mass is 378 g/mol. The minimum absolute atomic E-state index is 0.139. The lowest BCUT2D eigenvalue weighted by molar-refractivity contribution is -0.121. The van der Waals surface area contributed by atoms with Gasteiger partial charge in [-0.15, -0.1) is 0 Å². The molecule has 0 atom stereocenters. The molecule has 0 aliphatic heterocycles. The Balaban J connectivity index is 2.64. The maximum absolute atomic E-state index is 12.4. The van der Waals surface area contributed by atoms with Gasteiger partial charge in [0.15, 0.2) is 0 Å². The topological polar surface area (TPSA) is 75.7 Å². The van der Waals surface area contributed by atoms with E-state index in [2.05, 4.69) is 21.2 Å². The summed E-state index contributed by atoms with van der Waals surface area (Å²) in [7, 11) is -0.737. The van der Waals surface area contributed by atoms with Crippen LogP contribution in [0.3, 0.4) is 0 Å². The molecule has 1 amide bonds. The number of rotatable bonds is 8. The third kappa shape index (κ3) is 5.39. The molecule has 0 radical (unpaired) electrons. The van der Waals surface area contributed by atoms with Crippen LogP contribution < -0.4 is 5.32 Å². The van der Waals surface area contributed by atoms with Crippen LogP contribution in [0.5, 0.6) is 0 Å². The number of carbonyl (C=O) groups excluding carboxylic acids is 1. The summed E-state index contributed by atoms with van der Waals surface area (Å²) in [6.45, 7) is 0.775. The third-order valence-corrected chi connectivity index (χ3v) is 5.55. The number of amides is 1. The van der Waals surface area contributed by atoms with E-state index in [9.17, 15) is 13.2 Å². The Kier molecular flexibility index (Phi) is 7.30. The highest BCUT2D eigenvalue weighted by atomic mass is 79.9. The molecule has 0 saturated heterocycles. The highest BCUT2D eigenvalue weighted by Gasteiger charge is 2.24. The number of nitrogens with zero attached hydrogens (tertiary/aromatic N) is 1. The number of sulfonamides is 1. The molecule has 1 aromatic rings. The van der Waals surface area contributed by atoms with Crippen molar-refractivity contribution in [1.29, 1.82) is 0 Å². The van der Waals surface area contributed by atoms with E-state index in [1.165, 1.54) is 13.1 Å². The molecule has 1 aromatic carbocycles. The van der Waals surface area contributed by atoms with E-state index in [-0.39, 0.29) is 17.3 Å². The Morgan fingerprint density at radius 3 is 2.67 bits per heavy atom. The molecule has 0 saturated carbocycles. The molecule has 0 heterocycles. The number of ether oxygens (including phenoxy) is 1. The smallest absolute Gasteiger partial charge is 0.244 e. The molecule has 0 aromatic heterocycles. The molecule has 8 heteroatoms. The van der Waals surface area contributed by atoms with Gasteiger partial charge in [-0.1, -0.05) is 12.1 Å². The lowest BCUT2D eigenvalue weighted by atomic mass is 10.4. The average molecular weight is 379 g/mol. The van der Waals surface area contributed by atoms with Crippen molar-refractivity contribution >= 4 is 31.9 Å². The normalized spacial score (nSPS) is 11.6. The van der Waals surface area contributed by atoms with Crippen LogP contribution in [-0.2, 0) is 19.6 Å². The lowest BCUT2D eigenvalue weighted by Crippen LogP contribution is -2.38. The van der Waals surface area contributed by atoms with E-state index in [0.29, 0.717) is 24.0 Å². The zero-order valence-corrected chi connectivity index (χ0v) is 14.4. The number of benzene rings is 1. The summed E-state index contributed by atoms with van der Waals surface area (Å²) in [6.07, 6.45) is 0.683. The average Bonchev–Trinajstić information content (AvgIpc) is 2.43. The van der Waals surface area contributed by atoms with Crippen molar-refractivity contribution in [1.82, 2.24) is 9.62 Å². The summed E-state index contributed by atoms with van der Waals surface area (Å²) in [6, 6.07) is 6.50. The zero-order valence-electron chi connectivity index (χ0n) is 12.0. The van der Waals surface area contributed by atoms with Gasteiger partial charge in [-0.25, -0.2) is 8.42 Å². The van der Waals surface area contributed by atoms with Crippen LogP contribution in [0.15, 0.2) is 33.6 Å². The van der Waals surface area contributed by atoms with Gasteiger partial charge >= 0.3 is 0 Å². The number of nitrogens with one attached hydrogen (secondary N) is 1. The van der Waals surface area contributed by atoms with E-state index in [4.69, 9.17) is 4.74 Å². The highest BCUT2D eigenvalue weighted by molar-refractivity contribution is 9.10. The second-order valence-electron chi connectivity index (χ2n) is 4.39. The molecule has 0 aliphatic rings. The fourth-order valence-corrected chi connectivity index (χ4v) is 3.70. The Morgan fingerprint density at radius 1 is 1.38 bits per heavy atom. The molecule has 0 bridgehead atoms. The third-order valence-electron chi connectivity index (χ3n) is 2.74. The summed E-state index contributed by atoms with van der Waals surface area (Å²) >= 11 is 3.21. The molecular formula is C13H19BrN2O4S. The van der Waals surface area contributed by atoms with Crippen LogP contribution >= 0.6 is 15.9 Å². The van der Waals surface area contributed by atoms with Crippen LogP contribution in [-0.4, -0.2) is 52.5 Å². The molecule has 1 N–H and O–H groups in total. The first-order valence-corrected chi connectivity index (χ1v) is 8.59. The predicted molar refractivity (Wildman–Crippen MR) is 83.5 cm³/mol. The molecule has 118 valence electrons. The van der Waals surface area contributed by atoms with Crippen LogP contribution in [0.1, 0.15) is 6.42 Å². The summed E-state index contributed by atoms with van der Waals surface area (Å²) in [4.78, 5) is 11.8. The molecule has 1 rings (SSSR count).